The van der Waals surface area contributed by atoms with Gasteiger partial charge in [0.2, 0.25) is 5.91 Å². The van der Waals surface area contributed by atoms with Crippen LogP contribution in [-0.2, 0) is 5.60 Å². The summed E-state index contributed by atoms with van der Waals surface area (Å²) in [6.07, 6.45) is -1.34. The van der Waals surface area contributed by atoms with Gasteiger partial charge in [0.25, 0.3) is 0 Å². The number of halogens is 2. The molecule has 8 heteroatoms. The molecular formula is C21H25Cl2N3O3. The lowest BCUT2D eigenvalue weighted by atomic mass is 9.86. The minimum Gasteiger partial charge on any atom is -0.375 e. The first-order valence-corrected chi connectivity index (χ1v) is 10.3. The van der Waals surface area contributed by atoms with Gasteiger partial charge >= 0.3 is 0 Å². The van der Waals surface area contributed by atoms with E-state index in [0.717, 1.165) is 13.1 Å². The normalized spacial score (nSPS) is 20.9. The number of anilines is 1. The highest BCUT2D eigenvalue weighted by Gasteiger charge is 2.53. The number of amides is 1. The molecule has 4 N–H and O–H groups in total. The topological polar surface area (TPSA) is 90.0 Å². The van der Waals surface area contributed by atoms with E-state index in [1.54, 1.807) is 35.2 Å². The number of hydrogen-bond acceptors (Lipinski definition) is 5. The van der Waals surface area contributed by atoms with Crippen LogP contribution in [0, 0.1) is 0 Å². The summed E-state index contributed by atoms with van der Waals surface area (Å²) >= 11 is 12.9. The molecular weight excluding hydrogens is 413 g/mol. The summed E-state index contributed by atoms with van der Waals surface area (Å²) < 4.78 is 0. The maximum atomic E-state index is 11.8. The summed E-state index contributed by atoms with van der Waals surface area (Å²) in [6, 6.07) is 9.74. The predicted molar refractivity (Wildman–Crippen MR) is 116 cm³/mol. The molecule has 0 fully saturated rings. The fourth-order valence-corrected chi connectivity index (χ4v) is 4.54. The van der Waals surface area contributed by atoms with Crippen molar-refractivity contribution in [3.63, 3.8) is 0 Å². The van der Waals surface area contributed by atoms with Gasteiger partial charge < -0.3 is 25.7 Å². The summed E-state index contributed by atoms with van der Waals surface area (Å²) in [7, 11) is 0. The average Bonchev–Trinajstić information content (AvgIpc) is 2.91. The maximum Gasteiger partial charge on any atom is 0.248 e. The Hall–Kier alpha value is -1.83. The van der Waals surface area contributed by atoms with E-state index in [0.29, 0.717) is 34.9 Å². The Kier molecular flexibility index (Phi) is 6.41. The van der Waals surface area contributed by atoms with Gasteiger partial charge in [-0.1, -0.05) is 55.2 Å². The molecule has 0 aromatic heterocycles. The Labute approximate surface area is 180 Å². The molecule has 2 aromatic carbocycles. The van der Waals surface area contributed by atoms with Gasteiger partial charge in [0.1, 0.15) is 0 Å². The lowest BCUT2D eigenvalue weighted by Crippen LogP contribution is -2.48. The van der Waals surface area contributed by atoms with E-state index in [9.17, 15) is 15.0 Å². The van der Waals surface area contributed by atoms with Crippen molar-refractivity contribution >= 4 is 34.8 Å². The smallest absolute Gasteiger partial charge is 0.248 e. The minimum atomic E-state index is -1.86. The van der Waals surface area contributed by atoms with Gasteiger partial charge in [-0.15, -0.1) is 0 Å². The number of rotatable bonds is 7. The molecule has 2 unspecified atom stereocenters. The van der Waals surface area contributed by atoms with Crippen LogP contribution in [0.5, 0.6) is 0 Å². The Bertz CT molecular complexity index is 920. The van der Waals surface area contributed by atoms with Crippen LogP contribution in [-0.4, -0.2) is 53.4 Å². The second kappa shape index (κ2) is 8.50. The number of nitrogens with zero attached hydrogens (tertiary/aromatic N) is 2. The highest BCUT2D eigenvalue weighted by Crippen LogP contribution is 2.51. The molecule has 29 heavy (non-hydrogen) atoms. The zero-order valence-corrected chi connectivity index (χ0v) is 17.9. The quantitative estimate of drug-likeness (QED) is 0.619. The van der Waals surface area contributed by atoms with E-state index in [2.05, 4.69) is 18.7 Å². The fraction of sp³-hybridized carbons (Fsp3) is 0.381. The van der Waals surface area contributed by atoms with Crippen molar-refractivity contribution < 1.29 is 15.0 Å². The number of hydrogen-bond donors (Lipinski definition) is 3. The van der Waals surface area contributed by atoms with Crippen molar-refractivity contribution in [1.29, 1.82) is 0 Å². The van der Waals surface area contributed by atoms with Crippen molar-refractivity contribution in [3.8, 4) is 0 Å². The third kappa shape index (κ3) is 3.71. The van der Waals surface area contributed by atoms with Crippen molar-refractivity contribution in [1.82, 2.24) is 4.90 Å². The Morgan fingerprint density at radius 2 is 1.86 bits per heavy atom. The standard InChI is InChI=1S/C21H25Cl2N3O3/c1-3-25(4-2)9-10-26-17-12-13(19(24)27)11-16(23)18(17)21(29,20(26)28)14-7-5-6-8-15(14)22/h5-8,11-12,20,28-29H,3-4,9-10H2,1-2H3,(H2,24,27). The number of primary amides is 1. The SMILES string of the molecule is CCN(CC)CCN1c2cc(C(N)=O)cc(Cl)c2C(O)(c2ccccc2Cl)C1O. The van der Waals surface area contributed by atoms with Gasteiger partial charge in [-0.2, -0.15) is 0 Å². The first kappa shape index (κ1) is 21.9. The molecule has 0 saturated carbocycles. The van der Waals surface area contributed by atoms with Gasteiger partial charge in [-0.3, -0.25) is 4.79 Å². The maximum absolute atomic E-state index is 11.8. The van der Waals surface area contributed by atoms with Crippen LogP contribution in [0.3, 0.4) is 0 Å². The zero-order valence-electron chi connectivity index (χ0n) is 16.4. The van der Waals surface area contributed by atoms with E-state index < -0.39 is 17.7 Å². The Morgan fingerprint density at radius 3 is 2.45 bits per heavy atom. The van der Waals surface area contributed by atoms with E-state index in [1.807, 2.05) is 0 Å². The van der Waals surface area contributed by atoms with Gasteiger partial charge in [-0.05, 0) is 31.3 Å². The number of benzene rings is 2. The summed E-state index contributed by atoms with van der Waals surface area (Å²) in [5, 5.41) is 23.4. The Morgan fingerprint density at radius 1 is 1.21 bits per heavy atom. The second-order valence-corrected chi connectivity index (χ2v) is 7.87. The molecule has 2 atom stereocenters. The van der Waals surface area contributed by atoms with Gasteiger partial charge in [-0.25, -0.2) is 0 Å². The molecule has 1 amide bonds. The molecule has 0 spiro atoms. The third-order valence-corrected chi connectivity index (χ3v) is 6.18. The van der Waals surface area contributed by atoms with Crippen LogP contribution in [0.25, 0.3) is 0 Å². The molecule has 6 nitrogen and oxygen atoms in total. The number of aliphatic hydroxyl groups is 2. The number of fused-ring (bicyclic) bond motifs is 1. The van der Waals surface area contributed by atoms with E-state index >= 15 is 0 Å². The predicted octanol–water partition coefficient (Wildman–Crippen LogP) is 2.81. The van der Waals surface area contributed by atoms with Crippen LogP contribution in [0.4, 0.5) is 5.69 Å². The number of carbonyl (C=O) groups is 1. The number of likely N-dealkylation sites (N-methyl/N-ethyl adjacent to an activating group) is 1. The first-order valence-electron chi connectivity index (χ1n) is 9.53. The minimum absolute atomic E-state index is 0.142. The Balaban J connectivity index is 2.17. The highest BCUT2D eigenvalue weighted by molar-refractivity contribution is 6.33. The van der Waals surface area contributed by atoms with Crippen LogP contribution in [0.15, 0.2) is 36.4 Å². The fourth-order valence-electron chi connectivity index (χ4n) is 3.90. The third-order valence-electron chi connectivity index (χ3n) is 5.55. The molecule has 2 aromatic rings. The van der Waals surface area contributed by atoms with Gasteiger partial charge in [0.15, 0.2) is 11.8 Å². The molecule has 0 aliphatic carbocycles. The summed E-state index contributed by atoms with van der Waals surface area (Å²) in [5.74, 6) is -0.638. The van der Waals surface area contributed by atoms with Gasteiger partial charge in [0.05, 0.1) is 5.02 Å². The summed E-state index contributed by atoms with van der Waals surface area (Å²) in [6.45, 7) is 6.88. The van der Waals surface area contributed by atoms with Crippen molar-refractivity contribution in [2.24, 2.45) is 5.73 Å². The lowest BCUT2D eigenvalue weighted by Gasteiger charge is -2.33. The molecule has 1 aliphatic heterocycles. The molecule has 0 bridgehead atoms. The molecule has 0 radical (unpaired) electrons. The van der Waals surface area contributed by atoms with E-state index in [4.69, 9.17) is 28.9 Å². The van der Waals surface area contributed by atoms with Crippen LogP contribution in [0.1, 0.15) is 35.3 Å². The van der Waals surface area contributed by atoms with Gasteiger partial charge in [0, 0.05) is 40.5 Å². The van der Waals surface area contributed by atoms with E-state index in [1.165, 1.54) is 6.07 Å². The monoisotopic (exact) mass is 437 g/mol. The van der Waals surface area contributed by atoms with Crippen LogP contribution >= 0.6 is 23.2 Å². The first-order chi connectivity index (χ1) is 13.7. The average molecular weight is 438 g/mol. The summed E-state index contributed by atoms with van der Waals surface area (Å²) in [4.78, 5) is 15.6. The summed E-state index contributed by atoms with van der Waals surface area (Å²) in [5.41, 5.74) is 4.92. The molecule has 1 aliphatic rings. The van der Waals surface area contributed by atoms with Crippen LogP contribution < -0.4 is 10.6 Å². The zero-order chi connectivity index (χ0) is 21.3. The lowest BCUT2D eigenvalue weighted by molar-refractivity contribution is -0.0386. The second-order valence-electron chi connectivity index (χ2n) is 7.06. The molecule has 3 rings (SSSR count). The number of aliphatic hydroxyl groups excluding tert-OH is 1. The number of carbonyl (C=O) groups excluding carboxylic acids is 1. The molecule has 0 saturated heterocycles. The van der Waals surface area contributed by atoms with Crippen molar-refractivity contribution in [3.05, 3.63) is 63.1 Å². The highest BCUT2D eigenvalue weighted by atomic mass is 35.5. The van der Waals surface area contributed by atoms with Crippen LogP contribution in [0.2, 0.25) is 10.0 Å². The molecule has 1 heterocycles. The number of nitrogens with two attached hydrogens (primary N) is 1. The largest absolute Gasteiger partial charge is 0.375 e. The van der Waals surface area contributed by atoms with Crippen molar-refractivity contribution in [2.45, 2.75) is 25.7 Å². The van der Waals surface area contributed by atoms with E-state index in [-0.39, 0.29) is 10.6 Å². The van der Waals surface area contributed by atoms with Crippen molar-refractivity contribution in [2.75, 3.05) is 31.1 Å². The molecule has 156 valence electrons.